The van der Waals surface area contributed by atoms with E-state index in [2.05, 4.69) is 23.4 Å². The summed E-state index contributed by atoms with van der Waals surface area (Å²) >= 11 is 5.81. The van der Waals surface area contributed by atoms with Crippen molar-refractivity contribution in [2.45, 2.75) is 32.2 Å². The number of nitrogens with zero attached hydrogens (tertiary/aromatic N) is 2. The molecule has 0 amide bonds. The Labute approximate surface area is 83.9 Å². The molecule has 2 rings (SSSR count). The molecule has 2 unspecified atom stereocenters. The van der Waals surface area contributed by atoms with Gasteiger partial charge in [-0.25, -0.2) is 4.98 Å². The van der Waals surface area contributed by atoms with Crippen LogP contribution in [0.3, 0.4) is 0 Å². The van der Waals surface area contributed by atoms with Crippen LogP contribution in [-0.4, -0.2) is 15.4 Å². The molecule has 1 saturated carbocycles. The highest BCUT2D eigenvalue weighted by atomic mass is 35.5. The number of alkyl halides is 1. The molecular formula is C10H15ClN2. The van der Waals surface area contributed by atoms with E-state index in [-0.39, 0.29) is 0 Å². The first-order valence-corrected chi connectivity index (χ1v) is 5.35. The Hall–Kier alpha value is -0.500. The Morgan fingerprint density at radius 2 is 2.46 bits per heavy atom. The predicted molar refractivity (Wildman–Crippen MR) is 54.2 cm³/mol. The fraction of sp³-hybridized carbons (Fsp3) is 0.700. The van der Waals surface area contributed by atoms with E-state index in [9.17, 15) is 0 Å². The lowest BCUT2D eigenvalue weighted by molar-refractivity contribution is 0.570. The normalized spacial score (nSPS) is 26.8. The quantitative estimate of drug-likeness (QED) is 0.683. The number of hydrogen-bond donors (Lipinski definition) is 0. The fourth-order valence-corrected chi connectivity index (χ4v) is 2.15. The molecule has 1 fully saturated rings. The predicted octanol–water partition coefficient (Wildman–Crippen LogP) is 2.81. The minimum Gasteiger partial charge on any atom is -0.332 e. The lowest BCUT2D eigenvalue weighted by Crippen LogP contribution is -2.03. The van der Waals surface area contributed by atoms with Gasteiger partial charge in [0, 0.05) is 29.7 Å². The number of hydrogen-bond acceptors (Lipinski definition) is 1. The maximum atomic E-state index is 5.81. The summed E-state index contributed by atoms with van der Waals surface area (Å²) in [4.78, 5) is 4.19. The van der Waals surface area contributed by atoms with Gasteiger partial charge in [0.15, 0.2) is 0 Å². The minimum atomic E-state index is 0.508. The second-order valence-electron chi connectivity index (χ2n) is 4.08. The molecule has 0 aromatic carbocycles. The third-order valence-corrected chi connectivity index (χ3v) is 3.15. The van der Waals surface area contributed by atoms with Crippen molar-refractivity contribution in [1.29, 1.82) is 0 Å². The Morgan fingerprint density at radius 1 is 1.69 bits per heavy atom. The van der Waals surface area contributed by atoms with Crippen LogP contribution in [0.25, 0.3) is 0 Å². The van der Waals surface area contributed by atoms with Crippen LogP contribution in [0.5, 0.6) is 0 Å². The van der Waals surface area contributed by atoms with Crippen molar-refractivity contribution in [3.63, 3.8) is 0 Å². The summed E-state index contributed by atoms with van der Waals surface area (Å²) in [6.45, 7) is 4.37. The van der Waals surface area contributed by atoms with Crippen LogP contribution < -0.4 is 0 Å². The molecule has 1 aromatic heterocycles. The summed E-state index contributed by atoms with van der Waals surface area (Å²) in [6.07, 6.45) is 5.14. The van der Waals surface area contributed by atoms with E-state index < -0.39 is 0 Å². The highest BCUT2D eigenvalue weighted by molar-refractivity contribution is 6.18. The van der Waals surface area contributed by atoms with Crippen molar-refractivity contribution in [3.8, 4) is 0 Å². The topological polar surface area (TPSA) is 17.8 Å². The van der Waals surface area contributed by atoms with Crippen LogP contribution in [0.15, 0.2) is 12.5 Å². The average molecular weight is 199 g/mol. The third-order valence-electron chi connectivity index (χ3n) is 2.75. The molecule has 2 atom stereocenters. The highest BCUT2D eigenvalue weighted by Gasteiger charge is 2.39. The molecule has 0 spiro atoms. The average Bonchev–Trinajstić information content (AvgIpc) is 2.72. The van der Waals surface area contributed by atoms with Gasteiger partial charge in [0.1, 0.15) is 0 Å². The number of imidazole rings is 1. The Balaban J connectivity index is 2.17. The Kier molecular flexibility index (Phi) is 2.33. The molecule has 0 aliphatic heterocycles. The van der Waals surface area contributed by atoms with E-state index in [1.54, 1.807) is 0 Å². The molecule has 0 radical (unpaired) electrons. The Bertz CT molecular complexity index is 293. The van der Waals surface area contributed by atoms with Crippen molar-refractivity contribution in [1.82, 2.24) is 9.55 Å². The van der Waals surface area contributed by atoms with Gasteiger partial charge < -0.3 is 4.57 Å². The van der Waals surface area contributed by atoms with Gasteiger partial charge in [0.05, 0.1) is 6.33 Å². The molecule has 1 heterocycles. The van der Waals surface area contributed by atoms with Crippen molar-refractivity contribution in [2.75, 3.05) is 5.88 Å². The Morgan fingerprint density at radius 3 is 3.00 bits per heavy atom. The van der Waals surface area contributed by atoms with Gasteiger partial charge in [-0.3, -0.25) is 0 Å². The molecule has 3 heteroatoms. The smallest absolute Gasteiger partial charge is 0.0950 e. The van der Waals surface area contributed by atoms with Crippen molar-refractivity contribution in [3.05, 3.63) is 18.2 Å². The summed E-state index contributed by atoms with van der Waals surface area (Å²) < 4.78 is 2.25. The van der Waals surface area contributed by atoms with Crippen LogP contribution in [0.4, 0.5) is 0 Å². The second kappa shape index (κ2) is 3.33. The zero-order valence-electron chi connectivity index (χ0n) is 8.07. The van der Waals surface area contributed by atoms with E-state index >= 15 is 0 Å². The van der Waals surface area contributed by atoms with Gasteiger partial charge in [-0.15, -0.1) is 11.6 Å². The first-order valence-electron chi connectivity index (χ1n) is 4.81. The van der Waals surface area contributed by atoms with Crippen LogP contribution in [0.1, 0.15) is 37.9 Å². The van der Waals surface area contributed by atoms with E-state index in [1.165, 1.54) is 12.1 Å². The lowest BCUT2D eigenvalue weighted by atomic mass is 10.2. The van der Waals surface area contributed by atoms with E-state index in [0.29, 0.717) is 17.9 Å². The number of rotatable bonds is 3. The monoisotopic (exact) mass is 198 g/mol. The van der Waals surface area contributed by atoms with Crippen LogP contribution in [0, 0.1) is 5.92 Å². The van der Waals surface area contributed by atoms with Gasteiger partial charge in [-0.05, 0) is 26.2 Å². The number of halogens is 1. The van der Waals surface area contributed by atoms with Gasteiger partial charge >= 0.3 is 0 Å². The van der Waals surface area contributed by atoms with Crippen molar-refractivity contribution in [2.24, 2.45) is 5.92 Å². The van der Waals surface area contributed by atoms with Gasteiger partial charge in [0.25, 0.3) is 0 Å². The van der Waals surface area contributed by atoms with E-state index in [1.807, 2.05) is 12.5 Å². The molecule has 1 aliphatic rings. The summed E-state index contributed by atoms with van der Waals surface area (Å²) in [5.41, 5.74) is 1.36. The van der Waals surface area contributed by atoms with Crippen LogP contribution >= 0.6 is 11.6 Å². The summed E-state index contributed by atoms with van der Waals surface area (Å²) in [7, 11) is 0. The van der Waals surface area contributed by atoms with Crippen molar-refractivity contribution >= 4 is 11.6 Å². The molecule has 13 heavy (non-hydrogen) atoms. The maximum absolute atomic E-state index is 5.81. The molecule has 1 aliphatic carbocycles. The molecular weight excluding hydrogens is 184 g/mol. The summed E-state index contributed by atoms with van der Waals surface area (Å²) in [5.74, 6) is 2.15. The number of aromatic nitrogens is 2. The maximum Gasteiger partial charge on any atom is 0.0950 e. The standard InChI is InChI=1S/C10H15ClN2/c1-7(2)13-6-12-5-10(13)9-3-8(9)4-11/h5-9H,3-4H2,1-2H3. The molecule has 1 aromatic rings. The summed E-state index contributed by atoms with van der Waals surface area (Å²) in [5, 5.41) is 0. The second-order valence-corrected chi connectivity index (χ2v) is 4.38. The van der Waals surface area contributed by atoms with E-state index in [0.717, 1.165) is 5.88 Å². The molecule has 72 valence electrons. The zero-order chi connectivity index (χ0) is 9.42. The molecule has 0 bridgehead atoms. The molecule has 0 N–H and O–H groups in total. The highest BCUT2D eigenvalue weighted by Crippen LogP contribution is 2.48. The lowest BCUT2D eigenvalue weighted by Gasteiger charge is -2.10. The first-order chi connectivity index (χ1) is 6.24. The summed E-state index contributed by atoms with van der Waals surface area (Å²) in [6, 6.07) is 0.508. The first kappa shape index (κ1) is 9.07. The molecule has 2 nitrogen and oxygen atoms in total. The molecule has 0 saturated heterocycles. The SMILES string of the molecule is CC(C)n1cncc1C1CC1CCl. The van der Waals surface area contributed by atoms with Gasteiger partial charge in [-0.2, -0.15) is 0 Å². The van der Waals surface area contributed by atoms with Gasteiger partial charge in [0.2, 0.25) is 0 Å². The van der Waals surface area contributed by atoms with Gasteiger partial charge in [-0.1, -0.05) is 0 Å². The van der Waals surface area contributed by atoms with Crippen molar-refractivity contribution < 1.29 is 0 Å². The largest absolute Gasteiger partial charge is 0.332 e. The van der Waals surface area contributed by atoms with E-state index in [4.69, 9.17) is 11.6 Å². The van der Waals surface area contributed by atoms with Crippen LogP contribution in [0.2, 0.25) is 0 Å². The fourth-order valence-electron chi connectivity index (χ4n) is 1.81. The van der Waals surface area contributed by atoms with Crippen LogP contribution in [-0.2, 0) is 0 Å². The minimum absolute atomic E-state index is 0.508. The zero-order valence-corrected chi connectivity index (χ0v) is 8.83. The third kappa shape index (κ3) is 1.60.